The van der Waals surface area contributed by atoms with Crippen LogP contribution in [-0.2, 0) is 0 Å². The molecule has 10 heavy (non-hydrogen) atoms. The lowest BCUT2D eigenvalue weighted by molar-refractivity contribution is 0.363. The zero-order chi connectivity index (χ0) is 7.98. The third-order valence-corrected chi connectivity index (χ3v) is 2.08. The van der Waals surface area contributed by atoms with Crippen LogP contribution < -0.4 is 0 Å². The van der Waals surface area contributed by atoms with Gasteiger partial charge in [-0.15, -0.1) is 0 Å². The Morgan fingerprint density at radius 1 is 1.60 bits per heavy atom. The third-order valence-electron chi connectivity index (χ3n) is 1.29. The first kappa shape index (κ1) is 10.2. The van der Waals surface area contributed by atoms with Gasteiger partial charge in [0.15, 0.2) is 0 Å². The molecule has 0 aliphatic rings. The molecule has 0 aliphatic carbocycles. The Hall–Kier alpha value is 0.180. The summed E-state index contributed by atoms with van der Waals surface area (Å²) in [5, 5.41) is 0.918. The summed E-state index contributed by atoms with van der Waals surface area (Å²) in [6.07, 6.45) is 1.21. The van der Waals surface area contributed by atoms with Crippen molar-refractivity contribution in [2.24, 2.45) is 0 Å². The SMILES string of the molecule is C=C(CBr)CN(C)CCC. The van der Waals surface area contributed by atoms with Crippen molar-refractivity contribution in [1.82, 2.24) is 4.90 Å². The molecule has 0 aliphatic heterocycles. The van der Waals surface area contributed by atoms with Crippen LogP contribution in [0, 0.1) is 0 Å². The second kappa shape index (κ2) is 5.93. The molecule has 0 aromatic heterocycles. The van der Waals surface area contributed by atoms with Crippen LogP contribution in [0.4, 0.5) is 0 Å². The lowest BCUT2D eigenvalue weighted by Gasteiger charge is -2.15. The highest BCUT2D eigenvalue weighted by molar-refractivity contribution is 9.09. The van der Waals surface area contributed by atoms with Crippen LogP contribution in [0.25, 0.3) is 0 Å². The van der Waals surface area contributed by atoms with Gasteiger partial charge in [-0.25, -0.2) is 0 Å². The third kappa shape index (κ3) is 5.00. The minimum atomic E-state index is 0.918. The van der Waals surface area contributed by atoms with E-state index in [0.29, 0.717) is 0 Å². The molecule has 0 spiro atoms. The van der Waals surface area contributed by atoms with Gasteiger partial charge in [0.2, 0.25) is 0 Å². The van der Waals surface area contributed by atoms with Crippen molar-refractivity contribution < 1.29 is 0 Å². The lowest BCUT2D eigenvalue weighted by atomic mass is 10.3. The van der Waals surface area contributed by atoms with E-state index in [1.54, 1.807) is 0 Å². The average molecular weight is 206 g/mol. The summed E-state index contributed by atoms with van der Waals surface area (Å²) >= 11 is 3.37. The van der Waals surface area contributed by atoms with Gasteiger partial charge < -0.3 is 4.90 Å². The van der Waals surface area contributed by atoms with Gasteiger partial charge in [-0.05, 0) is 20.0 Å². The average Bonchev–Trinajstić information content (AvgIpc) is 1.88. The van der Waals surface area contributed by atoms with Gasteiger partial charge in [0, 0.05) is 11.9 Å². The summed E-state index contributed by atoms with van der Waals surface area (Å²) < 4.78 is 0. The van der Waals surface area contributed by atoms with E-state index >= 15 is 0 Å². The number of nitrogens with zero attached hydrogens (tertiary/aromatic N) is 1. The Morgan fingerprint density at radius 3 is 2.60 bits per heavy atom. The van der Waals surface area contributed by atoms with E-state index in [-0.39, 0.29) is 0 Å². The number of hydrogen-bond acceptors (Lipinski definition) is 1. The van der Waals surface area contributed by atoms with Crippen molar-refractivity contribution >= 4 is 15.9 Å². The number of hydrogen-bond donors (Lipinski definition) is 0. The second-order valence-corrected chi connectivity index (χ2v) is 3.18. The van der Waals surface area contributed by atoms with E-state index in [2.05, 4.69) is 41.4 Å². The predicted octanol–water partition coefficient (Wildman–Crippen LogP) is 2.28. The molecule has 0 unspecified atom stereocenters. The van der Waals surface area contributed by atoms with Crippen molar-refractivity contribution in [3.05, 3.63) is 12.2 Å². The highest BCUT2D eigenvalue weighted by Gasteiger charge is 1.97. The molecular formula is C8H16BrN. The molecule has 0 aromatic carbocycles. The number of likely N-dealkylation sites (N-methyl/N-ethyl adjacent to an activating group) is 1. The molecule has 0 amide bonds. The molecule has 0 rings (SSSR count). The first-order valence-electron chi connectivity index (χ1n) is 3.61. The van der Waals surface area contributed by atoms with E-state index in [4.69, 9.17) is 0 Å². The first-order valence-corrected chi connectivity index (χ1v) is 4.74. The number of halogens is 1. The largest absolute Gasteiger partial charge is 0.302 e. The van der Waals surface area contributed by atoms with E-state index < -0.39 is 0 Å². The van der Waals surface area contributed by atoms with Crippen molar-refractivity contribution in [1.29, 1.82) is 0 Å². The molecule has 2 heteroatoms. The summed E-state index contributed by atoms with van der Waals surface area (Å²) in [4.78, 5) is 2.28. The topological polar surface area (TPSA) is 3.24 Å². The minimum absolute atomic E-state index is 0.918. The first-order chi connectivity index (χ1) is 4.70. The van der Waals surface area contributed by atoms with Crippen LogP contribution in [0.5, 0.6) is 0 Å². The Balaban J connectivity index is 3.37. The van der Waals surface area contributed by atoms with Gasteiger partial charge in [-0.2, -0.15) is 0 Å². The number of rotatable bonds is 5. The predicted molar refractivity (Wildman–Crippen MR) is 50.7 cm³/mol. The molecule has 0 saturated heterocycles. The molecule has 0 atom stereocenters. The highest BCUT2D eigenvalue weighted by Crippen LogP contribution is 1.98. The Morgan fingerprint density at radius 2 is 2.20 bits per heavy atom. The Labute approximate surface area is 72.2 Å². The van der Waals surface area contributed by atoms with Gasteiger partial charge in [0.25, 0.3) is 0 Å². The van der Waals surface area contributed by atoms with Gasteiger partial charge >= 0.3 is 0 Å². The fraction of sp³-hybridized carbons (Fsp3) is 0.750. The molecule has 0 bridgehead atoms. The Kier molecular flexibility index (Phi) is 6.03. The normalized spacial score (nSPS) is 10.4. The molecule has 0 N–H and O–H groups in total. The van der Waals surface area contributed by atoms with E-state index in [0.717, 1.165) is 18.4 Å². The van der Waals surface area contributed by atoms with Gasteiger partial charge in [0.05, 0.1) is 0 Å². The zero-order valence-electron chi connectivity index (χ0n) is 6.86. The fourth-order valence-corrected chi connectivity index (χ4v) is 1.06. The van der Waals surface area contributed by atoms with Crippen molar-refractivity contribution in [2.45, 2.75) is 13.3 Å². The monoisotopic (exact) mass is 205 g/mol. The molecule has 0 saturated carbocycles. The molecule has 0 fully saturated rings. The smallest absolute Gasteiger partial charge is 0.0251 e. The van der Waals surface area contributed by atoms with E-state index in [1.165, 1.54) is 12.0 Å². The summed E-state index contributed by atoms with van der Waals surface area (Å²) in [7, 11) is 2.12. The molecule has 60 valence electrons. The number of alkyl halides is 1. The van der Waals surface area contributed by atoms with Crippen LogP contribution in [0.15, 0.2) is 12.2 Å². The quantitative estimate of drug-likeness (QED) is 0.492. The van der Waals surface area contributed by atoms with Gasteiger partial charge in [-0.1, -0.05) is 35.0 Å². The van der Waals surface area contributed by atoms with Crippen LogP contribution >= 0.6 is 15.9 Å². The zero-order valence-corrected chi connectivity index (χ0v) is 8.45. The van der Waals surface area contributed by atoms with E-state index in [1.807, 2.05) is 0 Å². The second-order valence-electron chi connectivity index (χ2n) is 2.62. The molecule has 1 nitrogen and oxygen atoms in total. The maximum atomic E-state index is 3.91. The van der Waals surface area contributed by atoms with Crippen LogP contribution in [0.1, 0.15) is 13.3 Å². The fourth-order valence-electron chi connectivity index (χ4n) is 0.885. The maximum absolute atomic E-state index is 3.91. The highest BCUT2D eigenvalue weighted by atomic mass is 79.9. The Bertz CT molecular complexity index is 101. The standard InChI is InChI=1S/C8H16BrN/c1-4-5-10(3)7-8(2)6-9/h2,4-7H2,1,3H3. The van der Waals surface area contributed by atoms with Crippen molar-refractivity contribution in [3.8, 4) is 0 Å². The van der Waals surface area contributed by atoms with Gasteiger partial charge in [0.1, 0.15) is 0 Å². The summed E-state index contributed by atoms with van der Waals surface area (Å²) in [5.74, 6) is 0. The lowest BCUT2D eigenvalue weighted by Crippen LogP contribution is -2.21. The molecule has 0 aromatic rings. The maximum Gasteiger partial charge on any atom is 0.0251 e. The van der Waals surface area contributed by atoms with Crippen LogP contribution in [0.2, 0.25) is 0 Å². The van der Waals surface area contributed by atoms with Crippen LogP contribution in [-0.4, -0.2) is 30.4 Å². The summed E-state index contributed by atoms with van der Waals surface area (Å²) in [6, 6.07) is 0. The summed E-state index contributed by atoms with van der Waals surface area (Å²) in [6.45, 7) is 8.27. The summed E-state index contributed by atoms with van der Waals surface area (Å²) in [5.41, 5.74) is 1.25. The van der Waals surface area contributed by atoms with E-state index in [9.17, 15) is 0 Å². The molecule has 0 radical (unpaired) electrons. The van der Waals surface area contributed by atoms with Crippen molar-refractivity contribution in [3.63, 3.8) is 0 Å². The van der Waals surface area contributed by atoms with Crippen LogP contribution in [0.3, 0.4) is 0 Å². The van der Waals surface area contributed by atoms with Gasteiger partial charge in [-0.3, -0.25) is 0 Å². The molecular weight excluding hydrogens is 190 g/mol. The molecule has 0 heterocycles. The van der Waals surface area contributed by atoms with Crippen molar-refractivity contribution in [2.75, 3.05) is 25.5 Å². The minimum Gasteiger partial charge on any atom is -0.302 e.